The Morgan fingerprint density at radius 3 is 2.43 bits per heavy atom. The predicted octanol–water partition coefficient (Wildman–Crippen LogP) is 2.18. The van der Waals surface area contributed by atoms with Crippen LogP contribution in [0.1, 0.15) is 25.3 Å². The van der Waals surface area contributed by atoms with Crippen LogP contribution in [0.4, 0.5) is 0 Å². The van der Waals surface area contributed by atoms with Gasteiger partial charge in [-0.1, -0.05) is 12.2 Å². The highest BCUT2D eigenvalue weighted by molar-refractivity contribution is 6.08. The van der Waals surface area contributed by atoms with Gasteiger partial charge in [0.25, 0.3) is 0 Å². The lowest BCUT2D eigenvalue weighted by Gasteiger charge is -2.21. The molecule has 3 atom stereocenters. The van der Waals surface area contributed by atoms with Gasteiger partial charge in [-0.05, 0) is 31.9 Å². The quantitative estimate of drug-likeness (QED) is 0.322. The number of fused-ring (bicyclic) bond motifs is 2. The molecule has 1 aromatic heterocycles. The number of nitrogens with zero attached hydrogens (tertiary/aromatic N) is 1. The third kappa shape index (κ3) is 3.38. The summed E-state index contributed by atoms with van der Waals surface area (Å²) in [6, 6.07) is 5.19. The van der Waals surface area contributed by atoms with Gasteiger partial charge in [0.15, 0.2) is 0 Å². The number of amides is 2. The van der Waals surface area contributed by atoms with Crippen molar-refractivity contribution in [1.29, 1.82) is 0 Å². The van der Waals surface area contributed by atoms with Crippen molar-refractivity contribution < 1.29 is 28.3 Å². The fourth-order valence-corrected chi connectivity index (χ4v) is 4.04. The molecule has 0 unspecified atom stereocenters. The van der Waals surface area contributed by atoms with Crippen molar-refractivity contribution >= 4 is 28.8 Å². The summed E-state index contributed by atoms with van der Waals surface area (Å²) in [6.45, 7) is 1.29. The van der Waals surface area contributed by atoms with Gasteiger partial charge in [-0.2, -0.15) is 0 Å². The lowest BCUT2D eigenvalue weighted by Crippen LogP contribution is -2.44. The van der Waals surface area contributed by atoms with Crippen LogP contribution in [0.15, 0.2) is 45.6 Å². The van der Waals surface area contributed by atoms with Gasteiger partial charge in [0.05, 0.1) is 18.9 Å². The van der Waals surface area contributed by atoms with Gasteiger partial charge in [-0.3, -0.25) is 14.5 Å². The number of allylic oxidation sites excluding steroid dienone is 2. The minimum absolute atomic E-state index is 0.192. The minimum Gasteiger partial charge on any atom is -0.497 e. The van der Waals surface area contributed by atoms with E-state index in [9.17, 15) is 19.2 Å². The van der Waals surface area contributed by atoms with Crippen LogP contribution >= 0.6 is 0 Å². The number of carbonyl (C=O) groups is 3. The summed E-state index contributed by atoms with van der Waals surface area (Å²) < 4.78 is 15.7. The smallest absolute Gasteiger partial charge is 0.336 e. The first-order valence-electron chi connectivity index (χ1n) is 9.70. The number of carbonyl (C=O) groups excluding carboxylic acids is 3. The molecule has 0 radical (unpaired) electrons. The van der Waals surface area contributed by atoms with Crippen LogP contribution in [0.3, 0.4) is 0 Å². The zero-order valence-electron chi connectivity index (χ0n) is 16.6. The zero-order chi connectivity index (χ0) is 21.4. The molecular formula is C22H21NO7. The highest BCUT2D eigenvalue weighted by atomic mass is 16.5. The standard InChI is InChI=1S/C22H21NO7/c1-12(23-20(25)16-5-3-4-6-17(16)21(23)26)22(27)29-11-13-9-19(24)30-18-10-14(28-2)7-8-15(13)18/h3-4,7-10,12,16-17H,5-6,11H2,1-2H3/t12-,16+,17+/m0/s1. The van der Waals surface area contributed by atoms with Crippen molar-refractivity contribution in [2.24, 2.45) is 11.8 Å². The Kier molecular flexibility index (Phi) is 5.15. The van der Waals surface area contributed by atoms with Crippen LogP contribution in [0.25, 0.3) is 11.0 Å². The van der Waals surface area contributed by atoms with Crippen LogP contribution in [0.2, 0.25) is 0 Å². The summed E-state index contributed by atoms with van der Waals surface area (Å²) in [7, 11) is 1.50. The Balaban J connectivity index is 1.50. The molecule has 2 amide bonds. The number of hydrogen-bond donors (Lipinski definition) is 0. The number of methoxy groups -OCH3 is 1. The molecule has 156 valence electrons. The largest absolute Gasteiger partial charge is 0.497 e. The third-order valence-corrected chi connectivity index (χ3v) is 5.68. The average Bonchev–Trinajstić information content (AvgIpc) is 3.01. The zero-order valence-corrected chi connectivity index (χ0v) is 16.6. The number of hydrogen-bond acceptors (Lipinski definition) is 7. The predicted molar refractivity (Wildman–Crippen MR) is 106 cm³/mol. The molecule has 1 saturated heterocycles. The fourth-order valence-electron chi connectivity index (χ4n) is 4.04. The maximum atomic E-state index is 12.6. The maximum absolute atomic E-state index is 12.6. The average molecular weight is 411 g/mol. The summed E-state index contributed by atoms with van der Waals surface area (Å²) in [5.74, 6) is -1.67. The molecule has 0 bridgehead atoms. The topological polar surface area (TPSA) is 103 Å². The maximum Gasteiger partial charge on any atom is 0.336 e. The van der Waals surface area contributed by atoms with E-state index in [0.29, 0.717) is 35.1 Å². The van der Waals surface area contributed by atoms with Gasteiger partial charge >= 0.3 is 11.6 Å². The van der Waals surface area contributed by atoms with E-state index in [-0.39, 0.29) is 18.4 Å². The highest BCUT2D eigenvalue weighted by Gasteiger charge is 2.50. The molecule has 1 aliphatic heterocycles. The highest BCUT2D eigenvalue weighted by Crippen LogP contribution is 2.36. The number of likely N-dealkylation sites (tertiary alicyclic amines) is 1. The molecule has 8 nitrogen and oxygen atoms in total. The van der Waals surface area contributed by atoms with Crippen molar-refractivity contribution in [3.8, 4) is 5.75 Å². The molecule has 0 saturated carbocycles. The Morgan fingerprint density at radius 1 is 1.13 bits per heavy atom. The summed E-state index contributed by atoms with van der Waals surface area (Å²) in [5.41, 5.74) is 0.181. The van der Waals surface area contributed by atoms with Crippen LogP contribution in [0, 0.1) is 11.8 Å². The van der Waals surface area contributed by atoms with Crippen LogP contribution in [-0.2, 0) is 25.7 Å². The van der Waals surface area contributed by atoms with E-state index in [2.05, 4.69) is 0 Å². The fraction of sp³-hybridized carbons (Fsp3) is 0.364. The monoisotopic (exact) mass is 411 g/mol. The summed E-state index contributed by atoms with van der Waals surface area (Å²) in [4.78, 5) is 50.8. The van der Waals surface area contributed by atoms with E-state index in [4.69, 9.17) is 13.9 Å². The Labute approximate surface area is 172 Å². The molecule has 0 spiro atoms. The minimum atomic E-state index is -1.04. The lowest BCUT2D eigenvalue weighted by atomic mass is 9.85. The summed E-state index contributed by atoms with van der Waals surface area (Å²) in [6.07, 6.45) is 4.78. The number of esters is 1. The second-order valence-corrected chi connectivity index (χ2v) is 7.44. The van der Waals surface area contributed by atoms with Gasteiger partial charge < -0.3 is 13.9 Å². The first kappa shape index (κ1) is 19.9. The van der Waals surface area contributed by atoms with Gasteiger partial charge in [-0.25, -0.2) is 9.59 Å². The second kappa shape index (κ2) is 7.78. The molecule has 0 N–H and O–H groups in total. The molecule has 2 heterocycles. The van der Waals surface area contributed by atoms with E-state index in [1.165, 1.54) is 20.1 Å². The second-order valence-electron chi connectivity index (χ2n) is 7.44. The first-order valence-corrected chi connectivity index (χ1v) is 9.70. The number of imide groups is 1. The van der Waals surface area contributed by atoms with Crippen LogP contribution in [0.5, 0.6) is 5.75 Å². The molecule has 30 heavy (non-hydrogen) atoms. The molecule has 1 aliphatic carbocycles. The van der Waals surface area contributed by atoms with Gasteiger partial charge in [0.1, 0.15) is 24.0 Å². The van der Waals surface area contributed by atoms with E-state index in [1.54, 1.807) is 18.2 Å². The van der Waals surface area contributed by atoms with Crippen molar-refractivity contribution in [2.75, 3.05) is 7.11 Å². The molecule has 1 aromatic carbocycles. The Bertz CT molecular complexity index is 1090. The number of ether oxygens (including phenoxy) is 2. The normalized spacial score (nSPS) is 21.6. The molecule has 2 aliphatic rings. The third-order valence-electron chi connectivity index (χ3n) is 5.68. The van der Waals surface area contributed by atoms with E-state index in [1.807, 2.05) is 12.2 Å². The van der Waals surface area contributed by atoms with Crippen molar-refractivity contribution in [3.05, 3.63) is 52.4 Å². The molecular weight excluding hydrogens is 390 g/mol. The summed E-state index contributed by atoms with van der Waals surface area (Å²) in [5, 5.41) is 0.598. The van der Waals surface area contributed by atoms with Gasteiger partial charge in [-0.15, -0.1) is 0 Å². The Morgan fingerprint density at radius 2 is 1.80 bits per heavy atom. The van der Waals surface area contributed by atoms with E-state index < -0.39 is 29.5 Å². The van der Waals surface area contributed by atoms with Gasteiger partial charge in [0.2, 0.25) is 11.8 Å². The first-order chi connectivity index (χ1) is 14.4. The Hall–Kier alpha value is -3.42. The van der Waals surface area contributed by atoms with E-state index >= 15 is 0 Å². The number of rotatable bonds is 5. The van der Waals surface area contributed by atoms with Gasteiger partial charge in [0, 0.05) is 23.1 Å². The lowest BCUT2D eigenvalue weighted by molar-refractivity contribution is -0.159. The van der Waals surface area contributed by atoms with Crippen molar-refractivity contribution in [3.63, 3.8) is 0 Å². The van der Waals surface area contributed by atoms with E-state index in [0.717, 1.165) is 4.90 Å². The molecule has 1 fully saturated rings. The molecule has 8 heteroatoms. The van der Waals surface area contributed by atoms with Crippen molar-refractivity contribution in [1.82, 2.24) is 4.90 Å². The molecule has 4 rings (SSSR count). The SMILES string of the molecule is COc1ccc2c(COC(=O)[C@H](C)N3C(=O)[C@@H]4CC=CC[C@H]4C3=O)cc(=O)oc2c1. The number of benzene rings is 1. The molecule has 2 aromatic rings. The van der Waals surface area contributed by atoms with Crippen LogP contribution < -0.4 is 10.4 Å². The summed E-state index contributed by atoms with van der Waals surface area (Å²) >= 11 is 0. The van der Waals surface area contributed by atoms with Crippen LogP contribution in [-0.4, -0.2) is 35.8 Å². The van der Waals surface area contributed by atoms with Crippen molar-refractivity contribution in [2.45, 2.75) is 32.4 Å².